The molecule has 0 saturated carbocycles. The molecule has 2 aromatic rings. The van der Waals surface area contributed by atoms with Gasteiger partial charge in [-0.2, -0.15) is 12.6 Å². The minimum Gasteiger partial charge on any atom is -0.508 e. The molecule has 4 N–H and O–H groups in total. The smallest absolute Gasteiger partial charge is 0.336 e. The van der Waals surface area contributed by atoms with Gasteiger partial charge in [0.1, 0.15) is 23.3 Å². The van der Waals surface area contributed by atoms with Crippen LogP contribution in [-0.2, 0) is 0 Å². The molecule has 0 spiro atoms. The van der Waals surface area contributed by atoms with Gasteiger partial charge in [0.2, 0.25) is 0 Å². The van der Waals surface area contributed by atoms with E-state index in [1.54, 1.807) is 24.3 Å². The number of aromatic carboxylic acids is 1. The van der Waals surface area contributed by atoms with Crippen LogP contribution in [0.25, 0.3) is 33.4 Å². The summed E-state index contributed by atoms with van der Waals surface area (Å²) in [7, 11) is 0. The molecule has 0 amide bonds. The summed E-state index contributed by atoms with van der Waals surface area (Å²) in [6.45, 7) is 0.460. The average Bonchev–Trinajstić information content (AvgIpc) is 2.75. The Bertz CT molecular complexity index is 1320. The molecule has 1 heterocycles. The van der Waals surface area contributed by atoms with E-state index in [1.165, 1.54) is 30.3 Å². The van der Waals surface area contributed by atoms with Crippen LogP contribution in [0, 0.1) is 0 Å². The fourth-order valence-electron chi connectivity index (χ4n) is 3.59. The number of hydrogen-bond donors (Lipinski definition) is 5. The molecule has 158 valence electrons. The second-order valence-electron chi connectivity index (χ2n) is 7.01. The number of phenolic OH excluding ortho intramolecular Hbond substituents is 1. The first-order valence-electron chi connectivity index (χ1n) is 9.48. The van der Waals surface area contributed by atoms with Gasteiger partial charge in [0.05, 0.1) is 5.56 Å². The molecule has 0 radical (unpaired) electrons. The molecule has 1 atom stereocenters. The van der Waals surface area contributed by atoms with E-state index in [1.807, 2.05) is 0 Å². The normalized spacial score (nSPS) is 12.3. The van der Waals surface area contributed by atoms with Gasteiger partial charge in [0, 0.05) is 40.9 Å². The van der Waals surface area contributed by atoms with E-state index in [-0.39, 0.29) is 22.5 Å². The van der Waals surface area contributed by atoms with Crippen molar-refractivity contribution >= 4 is 29.6 Å². The first kappa shape index (κ1) is 20.9. The lowest BCUT2D eigenvalue weighted by Gasteiger charge is -2.19. The molecule has 0 aromatic heterocycles. The predicted molar refractivity (Wildman–Crippen MR) is 120 cm³/mol. The lowest BCUT2D eigenvalue weighted by molar-refractivity contribution is 0.0697. The van der Waals surface area contributed by atoms with Crippen molar-refractivity contribution in [2.24, 2.45) is 0 Å². The molecule has 0 saturated heterocycles. The molecule has 1 unspecified atom stereocenters. The Hall–Kier alpha value is -3.33. The fraction of sp³-hybridized carbons (Fsp3) is 0.130. The van der Waals surface area contributed by atoms with E-state index in [2.05, 4.69) is 17.9 Å². The van der Waals surface area contributed by atoms with Crippen molar-refractivity contribution in [1.82, 2.24) is 5.32 Å². The summed E-state index contributed by atoms with van der Waals surface area (Å²) in [6.07, 6.45) is -1.02. The zero-order valence-electron chi connectivity index (χ0n) is 16.2. The number of benzene rings is 3. The molecule has 0 bridgehead atoms. The van der Waals surface area contributed by atoms with Gasteiger partial charge in [0.15, 0.2) is 5.43 Å². The Labute approximate surface area is 182 Å². The fourth-order valence-corrected chi connectivity index (χ4v) is 3.72. The van der Waals surface area contributed by atoms with Gasteiger partial charge in [-0.25, -0.2) is 4.79 Å². The van der Waals surface area contributed by atoms with Crippen LogP contribution in [0.4, 0.5) is 0 Å². The number of aliphatic hydroxyl groups excluding tert-OH is 1. The first-order chi connectivity index (χ1) is 14.9. The molecule has 2 aliphatic rings. The summed E-state index contributed by atoms with van der Waals surface area (Å²) >= 11 is 4.12. The number of thiol groups is 1. The molecule has 31 heavy (non-hydrogen) atoms. The number of carboxylic acid groups (broad SMARTS) is 1. The van der Waals surface area contributed by atoms with E-state index in [0.717, 1.165) is 0 Å². The van der Waals surface area contributed by atoms with Crippen LogP contribution in [-0.4, -0.2) is 33.6 Å². The third-order valence-corrected chi connectivity index (χ3v) is 5.21. The molecule has 2 aromatic carbocycles. The predicted octanol–water partition coefficient (Wildman–Crippen LogP) is 3.48. The zero-order chi connectivity index (χ0) is 22.1. The number of hydrogen-bond acceptors (Lipinski definition) is 7. The average molecular weight is 437 g/mol. The number of aromatic hydroxyl groups is 1. The number of nitrogens with one attached hydrogen (secondary N) is 1. The topological polar surface area (TPSA) is 120 Å². The maximum Gasteiger partial charge on any atom is 0.336 e. The highest BCUT2D eigenvalue weighted by Gasteiger charge is 2.23. The summed E-state index contributed by atoms with van der Waals surface area (Å²) in [5.74, 6) is -0.386. The van der Waals surface area contributed by atoms with Gasteiger partial charge in [-0.1, -0.05) is 6.07 Å². The van der Waals surface area contributed by atoms with Crippen LogP contribution in [0.1, 0.15) is 22.1 Å². The van der Waals surface area contributed by atoms with Gasteiger partial charge in [-0.05, 0) is 47.5 Å². The Morgan fingerprint density at radius 2 is 1.87 bits per heavy atom. The minimum atomic E-state index is -1.14. The van der Waals surface area contributed by atoms with Crippen LogP contribution >= 0.6 is 12.6 Å². The number of carbonyl (C=O) groups is 1. The van der Waals surface area contributed by atoms with Crippen LogP contribution in [0.15, 0.2) is 63.8 Å². The van der Waals surface area contributed by atoms with E-state index in [0.29, 0.717) is 45.5 Å². The molecule has 1 aliphatic heterocycles. The van der Waals surface area contributed by atoms with Gasteiger partial charge < -0.3 is 19.7 Å². The summed E-state index contributed by atoms with van der Waals surface area (Å²) < 4.78 is 5.82. The van der Waals surface area contributed by atoms with Crippen molar-refractivity contribution in [3.8, 4) is 28.2 Å². The minimum absolute atomic E-state index is 0.0261. The van der Waals surface area contributed by atoms with Crippen LogP contribution < -0.4 is 10.7 Å². The van der Waals surface area contributed by atoms with E-state index < -0.39 is 12.2 Å². The van der Waals surface area contributed by atoms with Crippen LogP contribution in [0.2, 0.25) is 0 Å². The molecular formula is C23H19NO6S. The van der Waals surface area contributed by atoms with Gasteiger partial charge in [0.25, 0.3) is 0 Å². The van der Waals surface area contributed by atoms with Crippen LogP contribution in [0.5, 0.6) is 5.75 Å². The SMILES string of the molecule is O=C(O)c1ccc(C(O)NCCS)cc1-c1c2ccc(=O)cc-2oc2cc(O)ccc12. The van der Waals surface area contributed by atoms with Gasteiger partial charge >= 0.3 is 5.97 Å². The van der Waals surface area contributed by atoms with Crippen molar-refractivity contribution in [2.45, 2.75) is 6.23 Å². The second-order valence-corrected chi connectivity index (χ2v) is 7.45. The molecule has 0 fully saturated rings. The molecule has 8 heteroatoms. The van der Waals surface area contributed by atoms with Crippen molar-refractivity contribution in [3.63, 3.8) is 0 Å². The third kappa shape index (κ3) is 4.00. The quantitative estimate of drug-likeness (QED) is 0.178. The Morgan fingerprint density at radius 3 is 2.61 bits per heavy atom. The maximum absolute atomic E-state index is 12.0. The number of fused-ring (bicyclic) bond motifs is 2. The number of carboxylic acids is 1. The van der Waals surface area contributed by atoms with Gasteiger partial charge in [-0.3, -0.25) is 10.1 Å². The summed E-state index contributed by atoms with van der Waals surface area (Å²) in [5.41, 5.74) is 1.95. The highest BCUT2D eigenvalue weighted by atomic mass is 32.1. The third-order valence-electron chi connectivity index (χ3n) is 4.99. The van der Waals surface area contributed by atoms with Crippen molar-refractivity contribution < 1.29 is 24.5 Å². The molecule has 4 rings (SSSR count). The highest BCUT2D eigenvalue weighted by molar-refractivity contribution is 7.80. The Morgan fingerprint density at radius 1 is 1.06 bits per heavy atom. The molecule has 1 aliphatic carbocycles. The van der Waals surface area contributed by atoms with Crippen LogP contribution in [0.3, 0.4) is 0 Å². The van der Waals surface area contributed by atoms with Gasteiger partial charge in [-0.15, -0.1) is 0 Å². The summed E-state index contributed by atoms with van der Waals surface area (Å²) in [4.78, 5) is 23.9. The lowest BCUT2D eigenvalue weighted by Crippen LogP contribution is -2.23. The number of rotatable bonds is 6. The van der Waals surface area contributed by atoms with E-state index >= 15 is 0 Å². The molecular weight excluding hydrogens is 418 g/mol. The Balaban J connectivity index is 2.07. The summed E-state index contributed by atoms with van der Waals surface area (Å²) in [5, 5.41) is 33.7. The maximum atomic E-state index is 12.0. The molecule has 7 nitrogen and oxygen atoms in total. The largest absolute Gasteiger partial charge is 0.508 e. The van der Waals surface area contributed by atoms with Crippen molar-refractivity contribution in [2.75, 3.05) is 12.3 Å². The number of aliphatic hydroxyl groups is 1. The number of phenols is 1. The first-order valence-corrected chi connectivity index (χ1v) is 10.1. The van der Waals surface area contributed by atoms with E-state index in [9.17, 15) is 24.9 Å². The monoisotopic (exact) mass is 437 g/mol. The zero-order valence-corrected chi connectivity index (χ0v) is 17.1. The standard InChI is InChI=1S/C23H19NO6S/c25-13-2-5-16-19(10-13)30-20-11-14(26)3-6-17(20)21(16)18-9-12(22(27)24-7-8-31)1-4-15(18)23(28)29/h1-6,9-11,22,24-25,27,31H,7-8H2,(H,28,29). The highest BCUT2D eigenvalue weighted by Crippen LogP contribution is 2.42. The van der Waals surface area contributed by atoms with E-state index in [4.69, 9.17) is 4.42 Å². The summed E-state index contributed by atoms with van der Waals surface area (Å²) in [6, 6.07) is 13.4. The second kappa shape index (κ2) is 8.43. The van der Waals surface area contributed by atoms with Crippen molar-refractivity contribution in [3.05, 3.63) is 75.9 Å². The van der Waals surface area contributed by atoms with Crippen molar-refractivity contribution in [1.29, 1.82) is 0 Å². The lowest BCUT2D eigenvalue weighted by atomic mass is 9.89. The Kier molecular flexibility index (Phi) is 5.69.